The summed E-state index contributed by atoms with van der Waals surface area (Å²) in [5, 5.41) is 40.9. The van der Waals surface area contributed by atoms with Crippen LogP contribution in [0.2, 0.25) is 0 Å². The van der Waals surface area contributed by atoms with Gasteiger partial charge in [-0.05, 0) is 97.1 Å². The molecule has 8 nitrogen and oxygen atoms in total. The van der Waals surface area contributed by atoms with E-state index in [1.807, 2.05) is 0 Å². The molecule has 0 fully saturated rings. The summed E-state index contributed by atoms with van der Waals surface area (Å²) < 4.78 is 0. The maximum atomic E-state index is 8.25. The van der Waals surface area contributed by atoms with E-state index >= 15 is 0 Å². The Hall–Kier alpha value is -5.16. The molecule has 0 atom stereocenters. The summed E-state index contributed by atoms with van der Waals surface area (Å²) in [7, 11) is -3.86. The molecule has 0 unspecified atom stereocenters. The van der Waals surface area contributed by atoms with Crippen LogP contribution in [0.5, 0.6) is 0 Å². The molecule has 8 rings (SSSR count). The summed E-state index contributed by atoms with van der Waals surface area (Å²) >= 11 is 0. The van der Waals surface area contributed by atoms with Gasteiger partial charge in [0.2, 0.25) is 0 Å². The average Bonchev–Trinajstić information content (AvgIpc) is 3.34. The number of hydrogen-bond acceptors (Lipinski definition) is 6. The molecule has 8 aromatic rings. The van der Waals surface area contributed by atoms with Crippen molar-refractivity contribution in [2.45, 2.75) is 0 Å². The third-order valence-corrected chi connectivity index (χ3v) is 19.8. The fraction of sp³-hybridized carbons (Fsp3) is 0. The van der Waals surface area contributed by atoms with E-state index in [4.69, 9.17) is 30.6 Å². The van der Waals surface area contributed by atoms with Gasteiger partial charge in [-0.25, -0.2) is 0 Å². The van der Waals surface area contributed by atoms with Crippen LogP contribution in [0.1, 0.15) is 0 Å². The quantitative estimate of drug-likeness (QED) is 0.0518. The van der Waals surface area contributed by atoms with Crippen molar-refractivity contribution < 1.29 is 54.9 Å². The summed E-state index contributed by atoms with van der Waals surface area (Å²) in [6, 6.07) is 87.5. The monoisotopic (exact) mass is 1310 g/mol. The first kappa shape index (κ1) is 55.2. The summed E-state index contributed by atoms with van der Waals surface area (Å²) in [5.41, 5.74) is 0. The van der Waals surface area contributed by atoms with Crippen LogP contribution in [0.3, 0.4) is 0 Å². The zero-order valence-electron chi connectivity index (χ0n) is 35.4. The van der Waals surface area contributed by atoms with Crippen LogP contribution < -0.4 is 42.4 Å². The Morgan fingerprint density at radius 3 is 0.424 bits per heavy atom. The third kappa shape index (κ3) is 19.4. The standard InChI is InChI=1S/2C26H22P2.2Au.2NO3/c2*1-5-13-23(14-6-1)27(24-15-7-2-8-16-24)21-22-28(25-17-9-3-10-18-25)26-19-11-4-12-20-26;;;2*2-1(3)4/h2*1-22H;;;;/q;;2*+1;2*-1/p+4/b2*22-21-;;;;. The molecule has 340 valence electrons. The van der Waals surface area contributed by atoms with Gasteiger partial charge >= 0.3 is 44.8 Å². The van der Waals surface area contributed by atoms with Gasteiger partial charge in [0.15, 0.2) is 0 Å². The van der Waals surface area contributed by atoms with Crippen molar-refractivity contribution in [3.8, 4) is 0 Å². The van der Waals surface area contributed by atoms with Gasteiger partial charge in [-0.2, -0.15) is 0 Å². The van der Waals surface area contributed by atoms with Gasteiger partial charge in [0.25, 0.3) is 0 Å². The van der Waals surface area contributed by atoms with Crippen LogP contribution >= 0.6 is 31.7 Å². The van der Waals surface area contributed by atoms with Gasteiger partial charge in [-0.15, -0.1) is 0 Å². The number of hydrogen-bond donors (Lipinski definition) is 0. The Balaban J connectivity index is 0.000000294. The van der Waals surface area contributed by atoms with Gasteiger partial charge in [0.05, 0.1) is 41.9 Å². The smallest absolute Gasteiger partial charge is 0.356 e. The predicted octanol–water partition coefficient (Wildman–Crippen LogP) is 9.89. The molecule has 14 heteroatoms. The largest absolute Gasteiger partial charge is 1.00 e. The van der Waals surface area contributed by atoms with Crippen molar-refractivity contribution in [3.63, 3.8) is 0 Å². The van der Waals surface area contributed by atoms with Crippen molar-refractivity contribution in [2.75, 3.05) is 0 Å². The minimum absolute atomic E-state index is 0. The van der Waals surface area contributed by atoms with E-state index in [1.54, 1.807) is 0 Å². The van der Waals surface area contributed by atoms with Crippen molar-refractivity contribution in [3.05, 3.63) is 297 Å². The molecule has 0 heterocycles. The van der Waals surface area contributed by atoms with Crippen LogP contribution in [-0.2, 0) is 44.8 Å². The first-order valence-electron chi connectivity index (χ1n) is 20.2. The summed E-state index contributed by atoms with van der Waals surface area (Å²) in [4.78, 5) is 16.5. The molecule has 0 radical (unpaired) electrons. The zero-order chi connectivity index (χ0) is 45.2. The summed E-state index contributed by atoms with van der Waals surface area (Å²) in [6.45, 7) is 0. The molecule has 0 saturated heterocycles. The molecular weight excluding hydrogens is 1270 g/mol. The van der Waals surface area contributed by atoms with Crippen LogP contribution in [0, 0.1) is 30.6 Å². The molecule has 8 aromatic carbocycles. The van der Waals surface area contributed by atoms with E-state index in [2.05, 4.69) is 266 Å². The molecule has 0 aliphatic carbocycles. The SMILES string of the molecule is C(=C/[PH+](c1ccccc1)c1ccccc1)/[PH+](c1ccccc1)c1ccccc1.C(=C/[PH+](c1ccccc1)c1ccccc1)/[PH+](c1ccccc1)c1ccccc1.O=[N+]([O-])[O-].O=[N+]([O-])[O-].[Au+].[Au+]. The Morgan fingerprint density at radius 1 is 0.242 bits per heavy atom. The number of benzene rings is 8. The maximum Gasteiger partial charge on any atom is 1.00 e. The van der Waals surface area contributed by atoms with E-state index in [1.165, 1.54) is 42.4 Å². The molecule has 0 N–H and O–H groups in total. The maximum absolute atomic E-state index is 8.25. The molecule has 0 bridgehead atoms. The Bertz CT molecular complexity index is 2080. The van der Waals surface area contributed by atoms with E-state index in [0.29, 0.717) is 0 Å². The molecule has 0 spiro atoms. The normalized spacial score (nSPS) is 10.4. The van der Waals surface area contributed by atoms with Crippen LogP contribution in [0.4, 0.5) is 0 Å². The molecule has 0 amide bonds. The Morgan fingerprint density at radius 2 is 0.333 bits per heavy atom. The van der Waals surface area contributed by atoms with Crippen molar-refractivity contribution in [1.82, 2.24) is 0 Å². The molecule has 0 aliphatic rings. The molecule has 66 heavy (non-hydrogen) atoms. The van der Waals surface area contributed by atoms with E-state index < -0.39 is 41.9 Å². The molecule has 0 saturated carbocycles. The van der Waals surface area contributed by atoms with Gasteiger partial charge in [-0.1, -0.05) is 146 Å². The first-order valence-corrected chi connectivity index (χ1v) is 26.5. The minimum atomic E-state index is -1.75. The van der Waals surface area contributed by atoms with Gasteiger partial charge in [-0.3, -0.25) is 0 Å². The third-order valence-electron chi connectivity index (χ3n) is 9.51. The average molecular weight is 1310 g/mol. The van der Waals surface area contributed by atoms with Crippen molar-refractivity contribution in [1.29, 1.82) is 0 Å². The van der Waals surface area contributed by atoms with Crippen molar-refractivity contribution >= 4 is 74.1 Å². The summed E-state index contributed by atoms with van der Waals surface area (Å²) in [6.07, 6.45) is 0. The first-order chi connectivity index (χ1) is 31.3. The second-order valence-corrected chi connectivity index (χ2v) is 23.0. The Labute approximate surface area is 422 Å². The fourth-order valence-corrected chi connectivity index (χ4v) is 16.7. The van der Waals surface area contributed by atoms with E-state index in [-0.39, 0.29) is 44.8 Å². The van der Waals surface area contributed by atoms with Crippen LogP contribution in [-0.4, -0.2) is 10.2 Å². The van der Waals surface area contributed by atoms with E-state index in [0.717, 1.165) is 0 Å². The van der Waals surface area contributed by atoms with E-state index in [9.17, 15) is 0 Å². The minimum Gasteiger partial charge on any atom is -0.356 e. The number of nitrogens with zero attached hydrogens (tertiary/aromatic N) is 2. The second-order valence-electron chi connectivity index (χ2n) is 13.7. The topological polar surface area (TPSA) is 132 Å². The molecule has 0 aromatic heterocycles. The fourth-order valence-electron chi connectivity index (χ4n) is 6.71. The van der Waals surface area contributed by atoms with Crippen molar-refractivity contribution in [2.24, 2.45) is 0 Å². The second kappa shape index (κ2) is 31.7. The zero-order valence-corrected chi connectivity index (χ0v) is 43.7. The molecular formula is C52H48Au2N2O6P4+4. The van der Waals surface area contributed by atoms with Gasteiger partial charge < -0.3 is 30.6 Å². The summed E-state index contributed by atoms with van der Waals surface area (Å²) in [5.74, 6) is 10.0. The van der Waals surface area contributed by atoms with Crippen LogP contribution in [0.15, 0.2) is 266 Å². The predicted molar refractivity (Wildman–Crippen MR) is 281 cm³/mol. The number of rotatable bonds is 12. The molecule has 0 aliphatic heterocycles. The van der Waals surface area contributed by atoms with Gasteiger partial charge in [0.1, 0.15) is 65.7 Å². The Kier molecular flexibility index (Phi) is 26.5. The van der Waals surface area contributed by atoms with Gasteiger partial charge in [0, 0.05) is 0 Å². The van der Waals surface area contributed by atoms with Crippen LogP contribution in [0.25, 0.3) is 0 Å².